The van der Waals surface area contributed by atoms with Gasteiger partial charge in [0.2, 0.25) is 0 Å². The zero-order valence-electron chi connectivity index (χ0n) is 16.5. The Hall–Kier alpha value is -4.18. The van der Waals surface area contributed by atoms with Crippen LogP contribution in [0.4, 0.5) is 11.4 Å². The van der Waals surface area contributed by atoms with E-state index in [9.17, 15) is 14.9 Å². The zero-order chi connectivity index (χ0) is 21.7. The van der Waals surface area contributed by atoms with Crippen molar-refractivity contribution in [2.75, 3.05) is 11.9 Å². The summed E-state index contributed by atoms with van der Waals surface area (Å²) in [5.41, 5.74) is 4.11. The molecule has 7 nitrogen and oxygen atoms in total. The number of rotatable bonds is 6. The lowest BCUT2D eigenvalue weighted by atomic mass is 10.0. The Morgan fingerprint density at radius 2 is 1.60 bits per heavy atom. The molecule has 0 aromatic heterocycles. The van der Waals surface area contributed by atoms with E-state index in [2.05, 4.69) is 11.4 Å². The van der Waals surface area contributed by atoms with Crippen molar-refractivity contribution in [2.45, 2.75) is 13.8 Å². The molecule has 0 unspecified atom stereocenters. The highest BCUT2D eigenvalue weighted by Gasteiger charge is 2.17. The van der Waals surface area contributed by atoms with Crippen molar-refractivity contribution < 1.29 is 14.5 Å². The van der Waals surface area contributed by atoms with Gasteiger partial charge in [-0.05, 0) is 66.4 Å². The fourth-order valence-electron chi connectivity index (χ4n) is 2.87. The SMILES string of the molecule is Cc1cc(NC(=O)COc2ccc(-c3ccc(C#N)cc3)cc2)c([N+](=O)[O-])cc1C. The molecule has 0 spiro atoms. The number of hydrogen-bond donors (Lipinski definition) is 1. The lowest BCUT2D eigenvalue weighted by Crippen LogP contribution is -2.21. The number of nitrogens with one attached hydrogen (secondary N) is 1. The number of nitro groups is 1. The predicted molar refractivity (Wildman–Crippen MR) is 113 cm³/mol. The largest absolute Gasteiger partial charge is 0.484 e. The summed E-state index contributed by atoms with van der Waals surface area (Å²) >= 11 is 0. The van der Waals surface area contributed by atoms with Gasteiger partial charge in [0.1, 0.15) is 11.4 Å². The normalized spacial score (nSPS) is 10.2. The van der Waals surface area contributed by atoms with Crippen LogP contribution in [0.15, 0.2) is 60.7 Å². The average molecular weight is 401 g/mol. The van der Waals surface area contributed by atoms with Crippen LogP contribution in [-0.2, 0) is 4.79 Å². The molecule has 150 valence electrons. The van der Waals surface area contributed by atoms with Gasteiger partial charge >= 0.3 is 0 Å². The standard InChI is InChI=1S/C23H19N3O4/c1-15-11-21(22(26(28)29)12-16(15)2)25-23(27)14-30-20-9-7-19(8-10-20)18-5-3-17(13-24)4-6-18/h3-12H,14H2,1-2H3,(H,25,27). The van der Waals surface area contributed by atoms with Crippen LogP contribution >= 0.6 is 0 Å². The van der Waals surface area contributed by atoms with Crippen molar-refractivity contribution in [1.82, 2.24) is 0 Å². The molecule has 0 saturated carbocycles. The maximum atomic E-state index is 12.2. The molecule has 0 fully saturated rings. The summed E-state index contributed by atoms with van der Waals surface area (Å²) in [5.74, 6) is 0.00894. The number of nitrogens with zero attached hydrogens (tertiary/aromatic N) is 2. The Labute approximate surface area is 173 Å². The van der Waals surface area contributed by atoms with E-state index in [4.69, 9.17) is 10.00 Å². The number of nitro benzene ring substituents is 1. The fraction of sp³-hybridized carbons (Fsp3) is 0.130. The van der Waals surface area contributed by atoms with Crippen LogP contribution < -0.4 is 10.1 Å². The monoisotopic (exact) mass is 401 g/mol. The van der Waals surface area contributed by atoms with E-state index in [1.807, 2.05) is 31.2 Å². The van der Waals surface area contributed by atoms with Gasteiger partial charge in [0.05, 0.1) is 16.6 Å². The van der Waals surface area contributed by atoms with Crippen molar-refractivity contribution >= 4 is 17.3 Å². The highest BCUT2D eigenvalue weighted by atomic mass is 16.6. The van der Waals surface area contributed by atoms with Gasteiger partial charge in [-0.2, -0.15) is 5.26 Å². The molecule has 0 radical (unpaired) electrons. The first kappa shape index (κ1) is 20.6. The van der Waals surface area contributed by atoms with E-state index < -0.39 is 10.8 Å². The molecule has 0 saturated heterocycles. The first-order chi connectivity index (χ1) is 14.4. The van der Waals surface area contributed by atoms with Crippen molar-refractivity contribution in [3.63, 3.8) is 0 Å². The molecule has 1 amide bonds. The van der Waals surface area contributed by atoms with Crippen LogP contribution in [-0.4, -0.2) is 17.4 Å². The molecule has 3 aromatic carbocycles. The van der Waals surface area contributed by atoms with Gasteiger partial charge in [-0.3, -0.25) is 14.9 Å². The Morgan fingerprint density at radius 3 is 2.17 bits per heavy atom. The van der Waals surface area contributed by atoms with Crippen LogP contribution in [0.25, 0.3) is 11.1 Å². The summed E-state index contributed by atoms with van der Waals surface area (Å²) in [6.07, 6.45) is 0. The van der Waals surface area contributed by atoms with Crippen LogP contribution in [0, 0.1) is 35.3 Å². The van der Waals surface area contributed by atoms with Crippen molar-refractivity contribution in [3.8, 4) is 22.9 Å². The van der Waals surface area contributed by atoms with Crippen LogP contribution in [0.2, 0.25) is 0 Å². The van der Waals surface area contributed by atoms with E-state index in [0.29, 0.717) is 11.3 Å². The minimum Gasteiger partial charge on any atom is -0.484 e. The average Bonchev–Trinajstić information content (AvgIpc) is 2.75. The highest BCUT2D eigenvalue weighted by molar-refractivity contribution is 5.94. The molecule has 0 aliphatic carbocycles. The number of amides is 1. The van der Waals surface area contributed by atoms with Crippen molar-refractivity contribution in [3.05, 3.63) is 87.5 Å². The van der Waals surface area contributed by atoms with Gasteiger partial charge < -0.3 is 10.1 Å². The van der Waals surface area contributed by atoms with Crippen LogP contribution in [0.3, 0.4) is 0 Å². The molecule has 0 heterocycles. The minimum atomic E-state index is -0.523. The third kappa shape index (κ3) is 4.80. The van der Waals surface area contributed by atoms with Gasteiger partial charge in [0.25, 0.3) is 11.6 Å². The summed E-state index contributed by atoms with van der Waals surface area (Å²) < 4.78 is 5.50. The maximum Gasteiger partial charge on any atom is 0.293 e. The van der Waals surface area contributed by atoms with Crippen LogP contribution in [0.5, 0.6) is 5.75 Å². The smallest absolute Gasteiger partial charge is 0.293 e. The second kappa shape index (κ2) is 8.88. The molecule has 0 aliphatic heterocycles. The molecule has 30 heavy (non-hydrogen) atoms. The number of aryl methyl sites for hydroxylation is 2. The lowest BCUT2D eigenvalue weighted by Gasteiger charge is -2.10. The van der Waals surface area contributed by atoms with Gasteiger partial charge in [-0.1, -0.05) is 24.3 Å². The molecule has 7 heteroatoms. The number of carbonyl (C=O) groups excluding carboxylic acids is 1. The third-order valence-corrected chi connectivity index (χ3v) is 4.65. The van der Waals surface area contributed by atoms with Crippen LogP contribution in [0.1, 0.15) is 16.7 Å². The predicted octanol–water partition coefficient (Wildman–Crippen LogP) is 4.77. The van der Waals surface area contributed by atoms with E-state index >= 15 is 0 Å². The summed E-state index contributed by atoms with van der Waals surface area (Å²) in [7, 11) is 0. The Kier molecular flexibility index (Phi) is 6.08. The summed E-state index contributed by atoms with van der Waals surface area (Å²) in [5, 5.41) is 22.7. The number of nitriles is 1. The summed E-state index contributed by atoms with van der Waals surface area (Å²) in [4.78, 5) is 22.9. The number of carbonyl (C=O) groups is 1. The first-order valence-corrected chi connectivity index (χ1v) is 9.16. The fourth-order valence-corrected chi connectivity index (χ4v) is 2.87. The van der Waals surface area contributed by atoms with Gasteiger partial charge in [-0.15, -0.1) is 0 Å². The van der Waals surface area contributed by atoms with E-state index in [1.54, 1.807) is 37.3 Å². The molecule has 3 rings (SSSR count). The molecule has 1 N–H and O–H groups in total. The molecule has 0 bridgehead atoms. The van der Waals surface area contributed by atoms with Gasteiger partial charge in [-0.25, -0.2) is 0 Å². The lowest BCUT2D eigenvalue weighted by molar-refractivity contribution is -0.384. The van der Waals surface area contributed by atoms with Crippen molar-refractivity contribution in [1.29, 1.82) is 5.26 Å². The van der Waals surface area contributed by atoms with Gasteiger partial charge in [0.15, 0.2) is 6.61 Å². The third-order valence-electron chi connectivity index (χ3n) is 4.65. The Bertz CT molecular complexity index is 1130. The topological polar surface area (TPSA) is 105 Å². The summed E-state index contributed by atoms with van der Waals surface area (Å²) in [6.45, 7) is 3.32. The Morgan fingerprint density at radius 1 is 1.03 bits per heavy atom. The van der Waals surface area contributed by atoms with E-state index in [0.717, 1.165) is 22.3 Å². The van der Waals surface area contributed by atoms with E-state index in [-0.39, 0.29) is 18.0 Å². The number of benzene rings is 3. The van der Waals surface area contributed by atoms with Gasteiger partial charge in [0, 0.05) is 6.07 Å². The van der Waals surface area contributed by atoms with Crippen molar-refractivity contribution in [2.24, 2.45) is 0 Å². The second-order valence-corrected chi connectivity index (χ2v) is 6.76. The number of hydrogen-bond acceptors (Lipinski definition) is 5. The summed E-state index contributed by atoms with van der Waals surface area (Å²) in [6, 6.07) is 19.5. The molecule has 0 aliphatic rings. The molecular formula is C23H19N3O4. The quantitative estimate of drug-likeness (QED) is 0.473. The highest BCUT2D eigenvalue weighted by Crippen LogP contribution is 2.28. The molecular weight excluding hydrogens is 382 g/mol. The minimum absolute atomic E-state index is 0.146. The Balaban J connectivity index is 1.63. The second-order valence-electron chi connectivity index (χ2n) is 6.76. The first-order valence-electron chi connectivity index (χ1n) is 9.16. The molecule has 0 atom stereocenters. The number of ether oxygens (including phenoxy) is 1. The number of anilines is 1. The zero-order valence-corrected chi connectivity index (χ0v) is 16.5. The maximum absolute atomic E-state index is 12.2. The molecule has 3 aromatic rings. The van der Waals surface area contributed by atoms with E-state index in [1.165, 1.54) is 6.07 Å².